The van der Waals surface area contributed by atoms with Gasteiger partial charge in [0.25, 0.3) is 0 Å². The second-order valence-corrected chi connectivity index (χ2v) is 5.52. The second kappa shape index (κ2) is 5.50. The quantitative estimate of drug-likeness (QED) is 0.872. The maximum Gasteiger partial charge on any atom is 0.243 e. The van der Waals surface area contributed by atoms with Gasteiger partial charge in [0.15, 0.2) is 5.13 Å². The number of alkyl halides is 1. The van der Waals surface area contributed by atoms with E-state index in [-0.39, 0.29) is 5.91 Å². The van der Waals surface area contributed by atoms with E-state index in [1.54, 1.807) is 6.92 Å². The van der Waals surface area contributed by atoms with Gasteiger partial charge in [-0.15, -0.1) is 22.9 Å². The lowest BCUT2D eigenvalue weighted by atomic mass is 10.1. The summed E-state index contributed by atoms with van der Waals surface area (Å²) < 4.78 is 0. The van der Waals surface area contributed by atoms with Crippen LogP contribution >= 0.6 is 22.9 Å². The highest BCUT2D eigenvalue weighted by Crippen LogP contribution is 2.25. The average molecular weight is 281 g/mol. The van der Waals surface area contributed by atoms with Crippen LogP contribution in [0.1, 0.15) is 12.5 Å². The van der Waals surface area contributed by atoms with Crippen LogP contribution in [0, 0.1) is 6.92 Å². The van der Waals surface area contributed by atoms with Crippen LogP contribution in [0.4, 0.5) is 5.13 Å². The summed E-state index contributed by atoms with van der Waals surface area (Å²) in [6, 6.07) is 8.10. The van der Waals surface area contributed by atoms with Crippen molar-refractivity contribution in [2.24, 2.45) is 0 Å². The SMILES string of the molecule is Cc1ccc(-c2csc(NC(=O)[C@@H](C)Cl)n2)cc1. The number of hydrogen-bond donors (Lipinski definition) is 1. The molecule has 3 nitrogen and oxygen atoms in total. The summed E-state index contributed by atoms with van der Waals surface area (Å²) in [6.07, 6.45) is 0. The smallest absolute Gasteiger partial charge is 0.243 e. The summed E-state index contributed by atoms with van der Waals surface area (Å²) >= 11 is 7.08. The van der Waals surface area contributed by atoms with E-state index in [1.807, 2.05) is 36.6 Å². The molecule has 1 atom stereocenters. The van der Waals surface area contributed by atoms with E-state index in [9.17, 15) is 4.79 Å². The normalized spacial score (nSPS) is 12.2. The van der Waals surface area contributed by atoms with Gasteiger partial charge in [-0.3, -0.25) is 4.79 Å². The number of carbonyl (C=O) groups is 1. The number of rotatable bonds is 3. The van der Waals surface area contributed by atoms with Gasteiger partial charge in [0.05, 0.1) is 5.69 Å². The van der Waals surface area contributed by atoms with Crippen LogP contribution in [-0.4, -0.2) is 16.3 Å². The van der Waals surface area contributed by atoms with Crippen LogP contribution in [0.25, 0.3) is 11.3 Å². The zero-order valence-electron chi connectivity index (χ0n) is 10.1. The number of benzene rings is 1. The van der Waals surface area contributed by atoms with E-state index >= 15 is 0 Å². The number of carbonyl (C=O) groups excluding carboxylic acids is 1. The highest BCUT2D eigenvalue weighted by atomic mass is 35.5. The van der Waals surface area contributed by atoms with Gasteiger partial charge >= 0.3 is 0 Å². The van der Waals surface area contributed by atoms with Crippen molar-refractivity contribution in [2.75, 3.05) is 5.32 Å². The third-order valence-corrected chi connectivity index (χ3v) is 3.40. The van der Waals surface area contributed by atoms with Gasteiger partial charge in [-0.1, -0.05) is 29.8 Å². The predicted molar refractivity (Wildman–Crippen MR) is 76.2 cm³/mol. The first-order valence-electron chi connectivity index (χ1n) is 5.54. The zero-order chi connectivity index (χ0) is 13.1. The lowest BCUT2D eigenvalue weighted by Gasteiger charge is -2.02. The fraction of sp³-hybridized carbons (Fsp3) is 0.231. The van der Waals surface area contributed by atoms with Crippen molar-refractivity contribution in [1.82, 2.24) is 4.98 Å². The molecule has 0 radical (unpaired) electrons. The number of aryl methyl sites for hydroxylation is 1. The number of hydrogen-bond acceptors (Lipinski definition) is 3. The number of nitrogens with one attached hydrogen (secondary N) is 1. The van der Waals surface area contributed by atoms with Gasteiger partial charge in [0, 0.05) is 10.9 Å². The summed E-state index contributed by atoms with van der Waals surface area (Å²) in [4.78, 5) is 15.8. The summed E-state index contributed by atoms with van der Waals surface area (Å²) in [5.41, 5.74) is 3.10. The molecule has 0 fully saturated rings. The van der Waals surface area contributed by atoms with Crippen molar-refractivity contribution in [3.05, 3.63) is 35.2 Å². The molecule has 0 aliphatic rings. The van der Waals surface area contributed by atoms with E-state index in [0.29, 0.717) is 5.13 Å². The Balaban J connectivity index is 2.15. The molecule has 1 aromatic heterocycles. The Labute approximate surface area is 115 Å². The van der Waals surface area contributed by atoms with Crippen molar-refractivity contribution in [3.8, 4) is 11.3 Å². The molecule has 18 heavy (non-hydrogen) atoms. The van der Waals surface area contributed by atoms with Gasteiger partial charge in [-0.2, -0.15) is 0 Å². The third kappa shape index (κ3) is 3.09. The molecule has 2 rings (SSSR count). The van der Waals surface area contributed by atoms with Crippen LogP contribution in [0.2, 0.25) is 0 Å². The van der Waals surface area contributed by atoms with Crippen molar-refractivity contribution in [2.45, 2.75) is 19.2 Å². The highest BCUT2D eigenvalue weighted by molar-refractivity contribution is 7.14. The molecule has 0 bridgehead atoms. The molecule has 0 saturated carbocycles. The van der Waals surface area contributed by atoms with Crippen LogP contribution in [0.3, 0.4) is 0 Å². The first kappa shape index (κ1) is 13.1. The number of thiazole rings is 1. The molecule has 1 heterocycles. The fourth-order valence-electron chi connectivity index (χ4n) is 1.39. The van der Waals surface area contributed by atoms with Crippen molar-refractivity contribution < 1.29 is 4.79 Å². The van der Waals surface area contributed by atoms with E-state index in [1.165, 1.54) is 16.9 Å². The Kier molecular flexibility index (Phi) is 3.99. The molecule has 0 spiro atoms. The monoisotopic (exact) mass is 280 g/mol. The molecule has 1 aromatic carbocycles. The van der Waals surface area contributed by atoms with Gasteiger partial charge < -0.3 is 5.32 Å². The van der Waals surface area contributed by atoms with E-state index in [4.69, 9.17) is 11.6 Å². The first-order chi connectivity index (χ1) is 8.56. The van der Waals surface area contributed by atoms with E-state index in [2.05, 4.69) is 10.3 Å². The molecule has 0 aliphatic heterocycles. The predicted octanol–water partition coefficient (Wildman–Crippen LogP) is 3.68. The number of amides is 1. The average Bonchev–Trinajstić information content (AvgIpc) is 2.78. The van der Waals surface area contributed by atoms with Gasteiger partial charge in [-0.25, -0.2) is 4.98 Å². The standard InChI is InChI=1S/C13H13ClN2OS/c1-8-3-5-10(6-4-8)11-7-18-13(15-11)16-12(17)9(2)14/h3-7,9H,1-2H3,(H,15,16,17)/t9-/m1/s1. The zero-order valence-corrected chi connectivity index (χ0v) is 11.7. The van der Waals surface area contributed by atoms with Crippen molar-refractivity contribution in [3.63, 3.8) is 0 Å². The largest absolute Gasteiger partial charge is 0.301 e. The Morgan fingerprint density at radius 2 is 2.06 bits per heavy atom. The minimum atomic E-state index is -0.559. The van der Waals surface area contributed by atoms with Gasteiger partial charge in [0.1, 0.15) is 5.38 Å². The Morgan fingerprint density at radius 3 is 2.67 bits per heavy atom. The number of anilines is 1. The summed E-state index contributed by atoms with van der Waals surface area (Å²) in [5, 5.41) is 4.61. The van der Waals surface area contributed by atoms with Crippen LogP contribution < -0.4 is 5.32 Å². The van der Waals surface area contributed by atoms with Crippen LogP contribution in [-0.2, 0) is 4.79 Å². The van der Waals surface area contributed by atoms with Crippen molar-refractivity contribution in [1.29, 1.82) is 0 Å². The van der Waals surface area contributed by atoms with Gasteiger partial charge in [-0.05, 0) is 13.8 Å². The number of nitrogens with zero attached hydrogens (tertiary/aromatic N) is 1. The lowest BCUT2D eigenvalue weighted by molar-refractivity contribution is -0.115. The molecule has 1 amide bonds. The molecular formula is C13H13ClN2OS. The molecule has 0 saturated heterocycles. The molecular weight excluding hydrogens is 268 g/mol. The fourth-order valence-corrected chi connectivity index (χ4v) is 2.17. The second-order valence-electron chi connectivity index (χ2n) is 4.01. The highest BCUT2D eigenvalue weighted by Gasteiger charge is 2.12. The topological polar surface area (TPSA) is 42.0 Å². The molecule has 2 aromatic rings. The van der Waals surface area contributed by atoms with Crippen LogP contribution in [0.5, 0.6) is 0 Å². The minimum Gasteiger partial charge on any atom is -0.301 e. The molecule has 5 heteroatoms. The molecule has 0 unspecified atom stereocenters. The van der Waals surface area contributed by atoms with Crippen molar-refractivity contribution >= 4 is 34.0 Å². The molecule has 94 valence electrons. The van der Waals surface area contributed by atoms with Gasteiger partial charge in [0.2, 0.25) is 5.91 Å². The summed E-state index contributed by atoms with van der Waals surface area (Å²) in [7, 11) is 0. The first-order valence-corrected chi connectivity index (χ1v) is 6.85. The molecule has 0 aliphatic carbocycles. The Bertz CT molecular complexity index is 548. The van der Waals surface area contributed by atoms with E-state index < -0.39 is 5.38 Å². The summed E-state index contributed by atoms with van der Waals surface area (Å²) in [6.45, 7) is 3.67. The lowest BCUT2D eigenvalue weighted by Crippen LogP contribution is -2.20. The maximum atomic E-state index is 11.4. The Hall–Kier alpha value is -1.39. The number of halogens is 1. The maximum absolute atomic E-state index is 11.4. The minimum absolute atomic E-state index is 0.235. The third-order valence-electron chi connectivity index (χ3n) is 2.44. The van der Waals surface area contributed by atoms with E-state index in [0.717, 1.165) is 11.3 Å². The van der Waals surface area contributed by atoms with Crippen LogP contribution in [0.15, 0.2) is 29.6 Å². The Morgan fingerprint density at radius 1 is 1.39 bits per heavy atom. The molecule has 1 N–H and O–H groups in total. The summed E-state index contributed by atoms with van der Waals surface area (Å²) in [5.74, 6) is -0.235. The number of aromatic nitrogens is 1.